The van der Waals surface area contributed by atoms with Gasteiger partial charge in [-0.15, -0.1) is 10.2 Å². The molecule has 0 saturated heterocycles. The smallest absolute Gasteiger partial charge is 0.296 e. The van der Waals surface area contributed by atoms with Gasteiger partial charge in [0.05, 0.1) is 6.20 Å². The summed E-state index contributed by atoms with van der Waals surface area (Å²) in [4.78, 5) is 15.3. The van der Waals surface area contributed by atoms with Crippen molar-refractivity contribution in [1.82, 2.24) is 14.8 Å². The van der Waals surface area contributed by atoms with Gasteiger partial charge in [0.1, 0.15) is 5.69 Å². The fourth-order valence-electron chi connectivity index (χ4n) is 1.30. The molecule has 2 heterocycles. The Balaban J connectivity index is 2.34. The van der Waals surface area contributed by atoms with E-state index in [1.54, 1.807) is 25.3 Å². The lowest BCUT2D eigenvalue weighted by molar-refractivity contribution is 0.406. The van der Waals surface area contributed by atoms with E-state index in [-0.39, 0.29) is 11.6 Å². The van der Waals surface area contributed by atoms with Gasteiger partial charge in [-0.2, -0.15) is 0 Å². The molecule has 0 spiro atoms. The Hall–Kier alpha value is -2.44. The first kappa shape index (κ1) is 11.1. The molecule has 2 aromatic rings. The third kappa shape index (κ3) is 2.22. The van der Waals surface area contributed by atoms with Gasteiger partial charge in [-0.25, -0.2) is 0 Å². The zero-order valence-electron chi connectivity index (χ0n) is 9.16. The predicted molar refractivity (Wildman–Crippen MR) is 60.8 cm³/mol. The van der Waals surface area contributed by atoms with E-state index in [1.165, 1.54) is 10.9 Å². The molecule has 2 N–H and O–H groups in total. The third-order valence-corrected chi connectivity index (χ3v) is 2.15. The van der Waals surface area contributed by atoms with Gasteiger partial charge in [0.2, 0.25) is 11.6 Å². The quantitative estimate of drug-likeness (QED) is 0.790. The maximum Gasteiger partial charge on any atom is 0.296 e. The van der Waals surface area contributed by atoms with Crippen LogP contribution >= 0.6 is 0 Å². The number of hydrogen-bond donors (Lipinski definition) is 2. The summed E-state index contributed by atoms with van der Waals surface area (Å²) in [5.74, 6) is -0.217. The monoisotopic (exact) mass is 233 g/mol. The minimum Gasteiger partial charge on any atom is -0.492 e. The first-order valence-corrected chi connectivity index (χ1v) is 5.06. The van der Waals surface area contributed by atoms with E-state index >= 15 is 0 Å². The Morgan fingerprint density at radius 2 is 2.35 bits per heavy atom. The minimum absolute atomic E-state index is 0.101. The number of nitrogens with zero attached hydrogens (tertiary/aromatic N) is 4. The zero-order chi connectivity index (χ0) is 12.3. The number of aromatic hydroxyl groups is 1. The van der Waals surface area contributed by atoms with Crippen LogP contribution in [0.2, 0.25) is 0 Å². The second kappa shape index (κ2) is 4.60. The molecule has 0 amide bonds. The van der Waals surface area contributed by atoms with Gasteiger partial charge in [-0.05, 0) is 19.1 Å². The molecule has 17 heavy (non-hydrogen) atoms. The fourth-order valence-corrected chi connectivity index (χ4v) is 1.30. The van der Waals surface area contributed by atoms with Crippen LogP contribution in [0, 0.1) is 0 Å². The van der Waals surface area contributed by atoms with Crippen molar-refractivity contribution in [1.29, 1.82) is 0 Å². The van der Waals surface area contributed by atoms with E-state index < -0.39 is 5.56 Å². The van der Waals surface area contributed by atoms with Gasteiger partial charge in [0.15, 0.2) is 0 Å². The zero-order valence-corrected chi connectivity index (χ0v) is 9.16. The van der Waals surface area contributed by atoms with E-state index in [0.29, 0.717) is 12.2 Å². The summed E-state index contributed by atoms with van der Waals surface area (Å²) in [5, 5.41) is 19.6. The summed E-state index contributed by atoms with van der Waals surface area (Å²) in [6, 6.07) is 3.40. The highest BCUT2D eigenvalue weighted by Crippen LogP contribution is 2.23. The molecule has 0 aliphatic rings. The van der Waals surface area contributed by atoms with Crippen LogP contribution < -0.4 is 5.56 Å². The van der Waals surface area contributed by atoms with Crippen LogP contribution in [0.5, 0.6) is 5.88 Å². The Morgan fingerprint density at radius 1 is 1.53 bits per heavy atom. The number of hydrogen-bond acceptors (Lipinski definition) is 5. The first-order chi connectivity index (χ1) is 8.22. The molecule has 0 fully saturated rings. The van der Waals surface area contributed by atoms with Crippen LogP contribution in [-0.2, 0) is 6.54 Å². The highest BCUT2D eigenvalue weighted by molar-refractivity contribution is 5.45. The van der Waals surface area contributed by atoms with E-state index in [9.17, 15) is 9.90 Å². The van der Waals surface area contributed by atoms with E-state index in [1.807, 2.05) is 0 Å². The minimum atomic E-state index is -0.475. The van der Waals surface area contributed by atoms with Crippen molar-refractivity contribution in [3.63, 3.8) is 0 Å². The number of pyridine rings is 1. The number of azo groups is 1. The molecule has 0 aromatic carbocycles. The Kier molecular flexibility index (Phi) is 2.99. The molecule has 7 nitrogen and oxygen atoms in total. The highest BCUT2D eigenvalue weighted by atomic mass is 16.3. The maximum absolute atomic E-state index is 11.4. The van der Waals surface area contributed by atoms with Crippen LogP contribution in [0.3, 0.4) is 0 Å². The molecule has 0 aliphatic heterocycles. The number of aromatic nitrogens is 3. The van der Waals surface area contributed by atoms with Gasteiger partial charge < -0.3 is 5.11 Å². The van der Waals surface area contributed by atoms with Crippen molar-refractivity contribution in [2.45, 2.75) is 13.5 Å². The largest absolute Gasteiger partial charge is 0.492 e. The summed E-state index contributed by atoms with van der Waals surface area (Å²) < 4.78 is 1.29. The number of nitrogens with one attached hydrogen (secondary N) is 1. The molecule has 0 saturated carbocycles. The Bertz CT molecular complexity index is 584. The molecule has 0 radical (unpaired) electrons. The average Bonchev–Trinajstić information content (AvgIpc) is 2.63. The molecule has 88 valence electrons. The molecule has 0 aliphatic carbocycles. The topological polar surface area (TPSA) is 95.6 Å². The van der Waals surface area contributed by atoms with Crippen LogP contribution in [0.1, 0.15) is 6.92 Å². The summed E-state index contributed by atoms with van der Waals surface area (Å²) in [6.07, 6.45) is 3.11. The predicted octanol–water partition coefficient (Wildman–Crippen LogP) is 1.71. The molecule has 2 aromatic heterocycles. The van der Waals surface area contributed by atoms with E-state index in [4.69, 9.17) is 0 Å². The highest BCUT2D eigenvalue weighted by Gasteiger charge is 2.11. The molecule has 0 bridgehead atoms. The van der Waals surface area contributed by atoms with Crippen molar-refractivity contribution in [3.05, 3.63) is 34.9 Å². The second-order valence-corrected chi connectivity index (χ2v) is 3.27. The summed E-state index contributed by atoms with van der Waals surface area (Å²) in [7, 11) is 0. The van der Waals surface area contributed by atoms with Gasteiger partial charge in [0, 0.05) is 12.7 Å². The average molecular weight is 233 g/mol. The Labute approximate surface area is 96.4 Å². The van der Waals surface area contributed by atoms with E-state index in [0.717, 1.165) is 0 Å². The lowest BCUT2D eigenvalue weighted by Gasteiger charge is -1.96. The third-order valence-electron chi connectivity index (χ3n) is 2.15. The Morgan fingerprint density at radius 3 is 2.94 bits per heavy atom. The van der Waals surface area contributed by atoms with Crippen LogP contribution in [0.15, 0.2) is 39.5 Å². The van der Waals surface area contributed by atoms with Crippen molar-refractivity contribution >= 4 is 11.4 Å². The fraction of sp³-hybridized carbons (Fsp3) is 0.200. The van der Waals surface area contributed by atoms with Crippen LogP contribution in [0.4, 0.5) is 11.4 Å². The molecule has 0 unspecified atom stereocenters. The summed E-state index contributed by atoms with van der Waals surface area (Å²) in [6.45, 7) is 2.24. The molecular formula is C10H11N5O2. The van der Waals surface area contributed by atoms with Gasteiger partial charge in [-0.1, -0.05) is 0 Å². The van der Waals surface area contributed by atoms with Crippen molar-refractivity contribution < 1.29 is 5.11 Å². The van der Waals surface area contributed by atoms with E-state index in [2.05, 4.69) is 20.3 Å². The molecule has 2 rings (SSSR count). The maximum atomic E-state index is 11.4. The van der Waals surface area contributed by atoms with Crippen molar-refractivity contribution in [3.8, 4) is 5.88 Å². The lowest BCUT2D eigenvalue weighted by Crippen LogP contribution is -2.03. The first-order valence-electron chi connectivity index (χ1n) is 5.06. The van der Waals surface area contributed by atoms with Crippen LogP contribution in [-0.4, -0.2) is 19.9 Å². The molecule has 7 heteroatoms. The van der Waals surface area contributed by atoms with Gasteiger partial charge >= 0.3 is 0 Å². The number of aromatic amines is 1. The van der Waals surface area contributed by atoms with Gasteiger partial charge in [0.25, 0.3) is 5.56 Å². The van der Waals surface area contributed by atoms with Crippen LogP contribution in [0.25, 0.3) is 0 Å². The summed E-state index contributed by atoms with van der Waals surface area (Å²) >= 11 is 0. The van der Waals surface area contributed by atoms with Crippen molar-refractivity contribution in [2.75, 3.05) is 0 Å². The molecular weight excluding hydrogens is 222 g/mol. The molecule has 0 atom stereocenters. The SMILES string of the molecule is CCn1[nH]c(=O)c(/N=N/c2cccnc2)c1O. The normalized spacial score (nSPS) is 11.1. The number of rotatable bonds is 3. The lowest BCUT2D eigenvalue weighted by atomic mass is 10.4. The van der Waals surface area contributed by atoms with Crippen molar-refractivity contribution in [2.24, 2.45) is 10.2 Å². The van der Waals surface area contributed by atoms with Gasteiger partial charge in [-0.3, -0.25) is 19.6 Å². The standard InChI is InChI=1S/C10H11N5O2/c1-2-15-10(17)8(9(16)14-15)13-12-7-4-3-5-11-6-7/h3-6,17H,2H2,1H3,(H,14,16)/b13-12+. The number of aryl methyl sites for hydroxylation is 1. The second-order valence-electron chi connectivity index (χ2n) is 3.27. The number of H-pyrrole nitrogens is 1. The summed E-state index contributed by atoms with van der Waals surface area (Å²) in [5.41, 5.74) is -0.0664.